The molecular formula is C10H15KNO2S. The van der Waals surface area contributed by atoms with Crippen LogP contribution in [0.25, 0.3) is 0 Å². The van der Waals surface area contributed by atoms with E-state index in [4.69, 9.17) is 5.14 Å². The van der Waals surface area contributed by atoms with E-state index < -0.39 is 10.0 Å². The predicted molar refractivity (Wildman–Crippen MR) is 62.3 cm³/mol. The van der Waals surface area contributed by atoms with Crippen molar-refractivity contribution in [3.63, 3.8) is 0 Å². The number of hydrogen-bond acceptors (Lipinski definition) is 2. The predicted octanol–water partition coefficient (Wildman–Crippen LogP) is 1.47. The first-order valence-electron chi connectivity index (χ1n) is 4.58. The average molecular weight is 252 g/mol. The van der Waals surface area contributed by atoms with Gasteiger partial charge in [0.05, 0.1) is 4.90 Å². The molecule has 0 spiro atoms. The second-order valence-electron chi connectivity index (χ2n) is 3.42. The van der Waals surface area contributed by atoms with E-state index in [1.807, 2.05) is 12.1 Å². The van der Waals surface area contributed by atoms with Crippen molar-refractivity contribution in [1.82, 2.24) is 0 Å². The maximum Gasteiger partial charge on any atom is 0.238 e. The number of sulfonamides is 1. The molecule has 79 valence electrons. The summed E-state index contributed by atoms with van der Waals surface area (Å²) in [6, 6.07) is 6.73. The van der Waals surface area contributed by atoms with Gasteiger partial charge in [-0.2, -0.15) is 0 Å². The number of primary sulfonamides is 1. The minimum atomic E-state index is -3.55. The first-order chi connectivity index (χ1) is 6.45. The monoisotopic (exact) mass is 252 g/mol. The Bertz CT molecular complexity index is 400. The number of benzene rings is 1. The van der Waals surface area contributed by atoms with Crippen LogP contribution in [0.3, 0.4) is 0 Å². The molecule has 0 saturated heterocycles. The summed E-state index contributed by atoms with van der Waals surface area (Å²) in [5.74, 6) is 0.449. The van der Waals surface area contributed by atoms with Crippen molar-refractivity contribution in [3.05, 3.63) is 29.8 Å². The summed E-state index contributed by atoms with van der Waals surface area (Å²) in [6.07, 6.45) is 1.04. The Morgan fingerprint density at radius 3 is 2.07 bits per heavy atom. The molecule has 5 heteroatoms. The van der Waals surface area contributed by atoms with Gasteiger partial charge >= 0.3 is 0 Å². The maximum atomic E-state index is 11.0. The molecule has 0 amide bonds. The molecule has 0 bridgehead atoms. The summed E-state index contributed by atoms with van der Waals surface area (Å²) in [5.41, 5.74) is 1.14. The molecule has 15 heavy (non-hydrogen) atoms. The van der Waals surface area contributed by atoms with Gasteiger partial charge in [-0.15, -0.1) is 0 Å². The fourth-order valence-electron chi connectivity index (χ4n) is 1.22. The molecule has 1 aromatic rings. The van der Waals surface area contributed by atoms with Crippen molar-refractivity contribution >= 4 is 61.4 Å². The molecule has 0 aromatic heterocycles. The summed E-state index contributed by atoms with van der Waals surface area (Å²) in [7, 11) is -3.55. The fraction of sp³-hybridized carbons (Fsp3) is 0.400. The molecule has 1 radical (unpaired) electrons. The molecule has 1 aromatic carbocycles. The molecule has 0 fully saturated rings. The van der Waals surface area contributed by atoms with E-state index in [2.05, 4.69) is 13.8 Å². The summed E-state index contributed by atoms with van der Waals surface area (Å²) >= 11 is 0. The average Bonchev–Trinajstić information content (AvgIpc) is 2.15. The van der Waals surface area contributed by atoms with Crippen molar-refractivity contribution < 1.29 is 8.42 Å². The van der Waals surface area contributed by atoms with Gasteiger partial charge in [0.2, 0.25) is 10.0 Å². The van der Waals surface area contributed by atoms with Crippen LogP contribution in [-0.2, 0) is 10.0 Å². The Labute approximate surface area is 134 Å². The standard InChI is InChI=1S/C10H15NO2S.K/c1-3-8(2)9-4-6-10(7-5-9)14(11,12)13;/h4-8H,3H2,1-2H3,(H2,11,12,13);. The van der Waals surface area contributed by atoms with Crippen molar-refractivity contribution in [2.45, 2.75) is 31.1 Å². The van der Waals surface area contributed by atoms with E-state index in [0.29, 0.717) is 5.92 Å². The molecule has 1 unspecified atom stereocenters. The van der Waals surface area contributed by atoms with Crippen LogP contribution >= 0.6 is 0 Å². The Kier molecular flexibility index (Phi) is 6.82. The van der Waals surface area contributed by atoms with Crippen molar-refractivity contribution in [3.8, 4) is 0 Å². The normalized spacial score (nSPS) is 13.0. The van der Waals surface area contributed by atoms with E-state index in [0.717, 1.165) is 12.0 Å². The summed E-state index contributed by atoms with van der Waals surface area (Å²) in [4.78, 5) is 0.171. The van der Waals surface area contributed by atoms with E-state index in [1.54, 1.807) is 12.1 Å². The summed E-state index contributed by atoms with van der Waals surface area (Å²) in [6.45, 7) is 4.20. The van der Waals surface area contributed by atoms with Crippen molar-refractivity contribution in [2.24, 2.45) is 5.14 Å². The SMILES string of the molecule is CCC(C)c1ccc(S(N)(=O)=O)cc1.[K]. The Morgan fingerprint density at radius 2 is 1.73 bits per heavy atom. The third-order valence-corrected chi connectivity index (χ3v) is 3.32. The van der Waals surface area contributed by atoms with Crippen LogP contribution in [0.4, 0.5) is 0 Å². The molecular weight excluding hydrogens is 237 g/mol. The first kappa shape index (κ1) is 15.8. The van der Waals surface area contributed by atoms with Gasteiger partial charge in [-0.3, -0.25) is 0 Å². The van der Waals surface area contributed by atoms with Gasteiger partial charge in [-0.25, -0.2) is 13.6 Å². The molecule has 0 aliphatic carbocycles. The van der Waals surface area contributed by atoms with Crippen LogP contribution in [0.5, 0.6) is 0 Å². The van der Waals surface area contributed by atoms with E-state index in [-0.39, 0.29) is 56.3 Å². The Hall–Kier alpha value is 0.766. The topological polar surface area (TPSA) is 60.2 Å². The number of nitrogens with two attached hydrogens (primary N) is 1. The zero-order valence-corrected chi connectivity index (χ0v) is 13.3. The molecule has 2 N–H and O–H groups in total. The van der Waals surface area contributed by atoms with E-state index in [9.17, 15) is 8.42 Å². The molecule has 0 saturated carbocycles. The molecule has 3 nitrogen and oxygen atoms in total. The van der Waals surface area contributed by atoms with Gasteiger partial charge in [-0.05, 0) is 30.0 Å². The van der Waals surface area contributed by atoms with Crippen molar-refractivity contribution in [1.29, 1.82) is 0 Å². The van der Waals surface area contributed by atoms with Gasteiger partial charge in [0.1, 0.15) is 0 Å². The van der Waals surface area contributed by atoms with Crippen LogP contribution < -0.4 is 5.14 Å². The van der Waals surface area contributed by atoms with Gasteiger partial charge in [0.15, 0.2) is 0 Å². The number of hydrogen-bond donors (Lipinski definition) is 1. The second-order valence-corrected chi connectivity index (χ2v) is 4.98. The maximum absolute atomic E-state index is 11.0. The van der Waals surface area contributed by atoms with Gasteiger partial charge in [0, 0.05) is 51.4 Å². The van der Waals surface area contributed by atoms with Gasteiger partial charge in [-0.1, -0.05) is 26.0 Å². The van der Waals surface area contributed by atoms with Gasteiger partial charge in [0.25, 0.3) is 0 Å². The Morgan fingerprint density at radius 1 is 1.27 bits per heavy atom. The molecule has 0 aliphatic rings. The zero-order chi connectivity index (χ0) is 10.8. The number of rotatable bonds is 3. The van der Waals surface area contributed by atoms with Crippen LogP contribution in [0.2, 0.25) is 0 Å². The third kappa shape index (κ3) is 4.64. The minimum Gasteiger partial charge on any atom is -0.225 e. The van der Waals surface area contributed by atoms with E-state index in [1.165, 1.54) is 0 Å². The van der Waals surface area contributed by atoms with Crippen LogP contribution in [-0.4, -0.2) is 59.8 Å². The van der Waals surface area contributed by atoms with Crippen LogP contribution in [0.15, 0.2) is 29.2 Å². The molecule has 1 rings (SSSR count). The summed E-state index contributed by atoms with van der Waals surface area (Å²) in [5, 5.41) is 4.99. The second kappa shape index (κ2) is 6.49. The largest absolute Gasteiger partial charge is 0.238 e. The molecule has 0 heterocycles. The zero-order valence-electron chi connectivity index (χ0n) is 9.40. The third-order valence-electron chi connectivity index (χ3n) is 2.39. The first-order valence-corrected chi connectivity index (χ1v) is 6.12. The minimum absolute atomic E-state index is 0. The fourth-order valence-corrected chi connectivity index (χ4v) is 1.74. The molecule has 0 aliphatic heterocycles. The quantitative estimate of drug-likeness (QED) is 0.828. The molecule has 1 atom stereocenters. The van der Waals surface area contributed by atoms with E-state index >= 15 is 0 Å². The smallest absolute Gasteiger partial charge is 0.225 e. The van der Waals surface area contributed by atoms with Crippen LogP contribution in [0, 0.1) is 0 Å². The van der Waals surface area contributed by atoms with Crippen molar-refractivity contribution in [2.75, 3.05) is 0 Å². The van der Waals surface area contributed by atoms with Crippen LogP contribution in [0.1, 0.15) is 31.7 Å². The summed E-state index contributed by atoms with van der Waals surface area (Å²) < 4.78 is 21.9. The van der Waals surface area contributed by atoms with Gasteiger partial charge < -0.3 is 0 Å². The Balaban J connectivity index is 0.00000196.